The molecule has 0 saturated heterocycles. The monoisotopic (exact) mass is 335 g/mol. The van der Waals surface area contributed by atoms with Gasteiger partial charge in [-0.05, 0) is 55.2 Å². The van der Waals surface area contributed by atoms with Gasteiger partial charge in [-0.1, -0.05) is 25.1 Å². The number of hydrogen-bond donors (Lipinski definition) is 1. The van der Waals surface area contributed by atoms with E-state index >= 15 is 0 Å². The fraction of sp³-hybridized carbons (Fsp3) is 0.250. The van der Waals surface area contributed by atoms with Crippen molar-refractivity contribution >= 4 is 22.6 Å². The number of carbonyl (C=O) groups excluding carboxylic acids is 1. The number of carbonyl (C=O) groups is 1. The highest BCUT2D eigenvalue weighted by atomic mass is 16.2. The van der Waals surface area contributed by atoms with Crippen molar-refractivity contribution in [2.24, 2.45) is 7.05 Å². The summed E-state index contributed by atoms with van der Waals surface area (Å²) in [6, 6.07) is 11.4. The van der Waals surface area contributed by atoms with Crippen molar-refractivity contribution in [1.82, 2.24) is 9.55 Å². The Hall–Kier alpha value is -2.95. The number of aromatic nitrogens is 2. The van der Waals surface area contributed by atoms with Gasteiger partial charge in [0.1, 0.15) is 0 Å². The van der Waals surface area contributed by atoms with Gasteiger partial charge in [0.2, 0.25) is 0 Å². The third kappa shape index (κ3) is 3.05. The average molecular weight is 335 g/mol. The number of fused-ring (bicyclic) bond motifs is 1. The summed E-state index contributed by atoms with van der Waals surface area (Å²) < 4.78 is 1.48. The molecule has 0 radical (unpaired) electrons. The van der Waals surface area contributed by atoms with Crippen molar-refractivity contribution in [3.8, 4) is 0 Å². The number of para-hydroxylation sites is 1. The van der Waals surface area contributed by atoms with Gasteiger partial charge in [0.05, 0.1) is 11.0 Å². The highest BCUT2D eigenvalue weighted by molar-refractivity contribution is 6.04. The van der Waals surface area contributed by atoms with Crippen LogP contribution in [0.2, 0.25) is 0 Å². The number of benzene rings is 2. The van der Waals surface area contributed by atoms with Gasteiger partial charge in [-0.25, -0.2) is 4.98 Å². The first-order chi connectivity index (χ1) is 11.9. The van der Waals surface area contributed by atoms with Crippen LogP contribution in [-0.4, -0.2) is 15.5 Å². The first-order valence-electron chi connectivity index (χ1n) is 8.29. The molecular weight excluding hydrogens is 314 g/mol. The molecule has 0 aliphatic carbocycles. The fourth-order valence-corrected chi connectivity index (χ4v) is 2.86. The largest absolute Gasteiger partial charge is 0.320 e. The lowest BCUT2D eigenvalue weighted by Crippen LogP contribution is -2.30. The van der Waals surface area contributed by atoms with Crippen LogP contribution in [0.25, 0.3) is 11.0 Å². The predicted octanol–water partition coefficient (Wildman–Crippen LogP) is 3.37. The quantitative estimate of drug-likeness (QED) is 0.798. The summed E-state index contributed by atoms with van der Waals surface area (Å²) in [5, 5.41) is 2.82. The molecule has 128 valence electrons. The van der Waals surface area contributed by atoms with Gasteiger partial charge >= 0.3 is 0 Å². The highest BCUT2D eigenvalue weighted by Crippen LogP contribution is 2.18. The van der Waals surface area contributed by atoms with E-state index in [9.17, 15) is 9.59 Å². The van der Waals surface area contributed by atoms with Gasteiger partial charge in [-0.3, -0.25) is 9.59 Å². The number of anilines is 1. The molecule has 5 nitrogen and oxygen atoms in total. The molecule has 1 amide bonds. The lowest BCUT2D eigenvalue weighted by Gasteiger charge is -2.12. The van der Waals surface area contributed by atoms with E-state index in [0.717, 1.165) is 28.6 Å². The zero-order valence-corrected chi connectivity index (χ0v) is 14.9. The summed E-state index contributed by atoms with van der Waals surface area (Å²) in [4.78, 5) is 29.6. The molecule has 1 aromatic heterocycles. The van der Waals surface area contributed by atoms with Gasteiger partial charge in [0.15, 0.2) is 5.69 Å². The fourth-order valence-electron chi connectivity index (χ4n) is 2.86. The summed E-state index contributed by atoms with van der Waals surface area (Å²) in [6.45, 7) is 5.99. The molecule has 3 rings (SSSR count). The Balaban J connectivity index is 2.09. The molecule has 3 aromatic rings. The molecule has 0 aliphatic heterocycles. The molecule has 1 heterocycles. The SMILES string of the molecule is CCc1ccccc1NC(=O)c1nc2cc(C)c(C)cc2n(C)c1=O. The van der Waals surface area contributed by atoms with Gasteiger partial charge in [0.25, 0.3) is 11.5 Å². The third-order valence-electron chi connectivity index (χ3n) is 4.55. The predicted molar refractivity (Wildman–Crippen MR) is 100 cm³/mol. The van der Waals surface area contributed by atoms with E-state index in [-0.39, 0.29) is 5.69 Å². The van der Waals surface area contributed by atoms with E-state index in [1.54, 1.807) is 7.05 Å². The van der Waals surface area contributed by atoms with Crippen molar-refractivity contribution in [2.75, 3.05) is 5.32 Å². The summed E-state index contributed by atoms with van der Waals surface area (Å²) in [6.07, 6.45) is 0.790. The summed E-state index contributed by atoms with van der Waals surface area (Å²) >= 11 is 0. The number of hydrogen-bond acceptors (Lipinski definition) is 3. The van der Waals surface area contributed by atoms with Crippen molar-refractivity contribution in [2.45, 2.75) is 27.2 Å². The zero-order valence-electron chi connectivity index (χ0n) is 14.9. The molecule has 0 spiro atoms. The molecular formula is C20H21N3O2. The van der Waals surface area contributed by atoms with Crippen molar-refractivity contribution in [3.63, 3.8) is 0 Å². The van der Waals surface area contributed by atoms with Crippen LogP contribution < -0.4 is 10.9 Å². The highest BCUT2D eigenvalue weighted by Gasteiger charge is 2.17. The maximum Gasteiger partial charge on any atom is 0.282 e. The van der Waals surface area contributed by atoms with Crippen LogP contribution in [0.3, 0.4) is 0 Å². The van der Waals surface area contributed by atoms with Crippen molar-refractivity contribution < 1.29 is 4.79 Å². The number of rotatable bonds is 3. The first kappa shape index (κ1) is 16.9. The molecule has 0 saturated carbocycles. The van der Waals surface area contributed by atoms with E-state index in [2.05, 4.69) is 10.3 Å². The smallest absolute Gasteiger partial charge is 0.282 e. The number of nitrogens with zero attached hydrogens (tertiary/aromatic N) is 2. The normalized spacial score (nSPS) is 10.9. The standard InChI is InChI=1S/C20H21N3O2/c1-5-14-8-6-7-9-15(14)22-19(24)18-20(25)23(4)17-11-13(3)12(2)10-16(17)21-18/h6-11H,5H2,1-4H3,(H,22,24). The summed E-state index contributed by atoms with van der Waals surface area (Å²) in [5.41, 5.74) is 4.74. The molecule has 25 heavy (non-hydrogen) atoms. The Morgan fingerprint density at radius 2 is 1.84 bits per heavy atom. The van der Waals surface area contributed by atoms with E-state index in [1.165, 1.54) is 4.57 Å². The van der Waals surface area contributed by atoms with Gasteiger partial charge in [0, 0.05) is 12.7 Å². The van der Waals surface area contributed by atoms with Crippen LogP contribution in [-0.2, 0) is 13.5 Å². The topological polar surface area (TPSA) is 64.0 Å². The number of aryl methyl sites for hydroxylation is 4. The van der Waals surface area contributed by atoms with Crippen LogP contribution >= 0.6 is 0 Å². The Bertz CT molecular complexity index is 1040. The summed E-state index contributed by atoms with van der Waals surface area (Å²) in [7, 11) is 1.66. The van der Waals surface area contributed by atoms with E-state index in [1.807, 2.05) is 57.2 Å². The molecule has 2 aromatic carbocycles. The van der Waals surface area contributed by atoms with Crippen LogP contribution in [0, 0.1) is 13.8 Å². The Morgan fingerprint density at radius 1 is 1.16 bits per heavy atom. The van der Waals surface area contributed by atoms with E-state index in [0.29, 0.717) is 11.2 Å². The first-order valence-corrected chi connectivity index (χ1v) is 8.29. The van der Waals surface area contributed by atoms with Crippen LogP contribution in [0.15, 0.2) is 41.2 Å². The maximum absolute atomic E-state index is 12.7. The van der Waals surface area contributed by atoms with E-state index < -0.39 is 11.5 Å². The molecule has 0 aliphatic rings. The molecule has 0 atom stereocenters. The van der Waals surface area contributed by atoms with Crippen LogP contribution in [0.5, 0.6) is 0 Å². The minimum atomic E-state index is -0.485. The second-order valence-corrected chi connectivity index (χ2v) is 6.21. The van der Waals surface area contributed by atoms with Gasteiger partial charge < -0.3 is 9.88 Å². The minimum absolute atomic E-state index is 0.0934. The van der Waals surface area contributed by atoms with Crippen LogP contribution in [0.1, 0.15) is 34.1 Å². The second-order valence-electron chi connectivity index (χ2n) is 6.21. The molecule has 0 fully saturated rings. The second kappa shape index (κ2) is 6.51. The lowest BCUT2D eigenvalue weighted by molar-refractivity contribution is 0.102. The number of amides is 1. The molecule has 5 heteroatoms. The zero-order chi connectivity index (χ0) is 18.1. The lowest BCUT2D eigenvalue weighted by atomic mass is 10.1. The summed E-state index contributed by atoms with van der Waals surface area (Å²) in [5.74, 6) is -0.485. The maximum atomic E-state index is 12.7. The number of nitrogens with one attached hydrogen (secondary N) is 1. The van der Waals surface area contributed by atoms with Gasteiger partial charge in [-0.15, -0.1) is 0 Å². The van der Waals surface area contributed by atoms with E-state index in [4.69, 9.17) is 0 Å². The minimum Gasteiger partial charge on any atom is -0.320 e. The van der Waals surface area contributed by atoms with Crippen molar-refractivity contribution in [1.29, 1.82) is 0 Å². The Labute approximate surface area is 146 Å². The van der Waals surface area contributed by atoms with Gasteiger partial charge in [-0.2, -0.15) is 0 Å². The molecule has 1 N–H and O–H groups in total. The average Bonchev–Trinajstić information content (AvgIpc) is 2.60. The Kier molecular flexibility index (Phi) is 4.40. The third-order valence-corrected chi connectivity index (χ3v) is 4.55. The molecule has 0 bridgehead atoms. The Morgan fingerprint density at radius 3 is 2.56 bits per heavy atom. The van der Waals surface area contributed by atoms with Crippen molar-refractivity contribution in [3.05, 3.63) is 69.1 Å². The van der Waals surface area contributed by atoms with Crippen LogP contribution in [0.4, 0.5) is 5.69 Å². The molecule has 0 unspecified atom stereocenters.